The predicted molar refractivity (Wildman–Crippen MR) is 107 cm³/mol. The number of Topliss-reactive ketones (excluding diaryl/α,β-unsaturated/α-hetero) is 1. The lowest BCUT2D eigenvalue weighted by Gasteiger charge is -2.13. The van der Waals surface area contributed by atoms with E-state index in [1.807, 2.05) is 32.9 Å². The highest BCUT2D eigenvalue weighted by molar-refractivity contribution is 6.04. The molecule has 0 N–H and O–H groups in total. The normalized spacial score (nSPS) is 11.0. The fourth-order valence-corrected chi connectivity index (χ4v) is 2.92. The van der Waals surface area contributed by atoms with Crippen molar-refractivity contribution in [1.29, 1.82) is 0 Å². The number of fused-ring (bicyclic) bond motifs is 1. The molecule has 1 heterocycles. The Kier molecular flexibility index (Phi) is 5.68. The summed E-state index contributed by atoms with van der Waals surface area (Å²) < 4.78 is 6.47. The molecule has 0 radical (unpaired) electrons. The standard InChI is InChI=1S/C22H22N2O4/c1-4-15-9-11-16(12-10-15)19(25)13-28-22(27)20-17-7-5-6-8-18(17)21(26)24(23-20)14(2)3/h5-12,14H,4,13H2,1-3H3. The SMILES string of the molecule is CCc1ccc(C(=O)COC(=O)c2nn(C(C)C)c(=O)c3ccccc23)cc1. The van der Waals surface area contributed by atoms with Crippen molar-refractivity contribution in [3.05, 3.63) is 75.7 Å². The highest BCUT2D eigenvalue weighted by atomic mass is 16.5. The average molecular weight is 378 g/mol. The second-order valence-electron chi connectivity index (χ2n) is 6.79. The van der Waals surface area contributed by atoms with Crippen LogP contribution in [0.25, 0.3) is 10.8 Å². The van der Waals surface area contributed by atoms with Gasteiger partial charge in [0.2, 0.25) is 0 Å². The van der Waals surface area contributed by atoms with Gasteiger partial charge < -0.3 is 4.74 Å². The van der Waals surface area contributed by atoms with Gasteiger partial charge in [-0.2, -0.15) is 5.10 Å². The molecule has 6 nitrogen and oxygen atoms in total. The molecule has 28 heavy (non-hydrogen) atoms. The molecule has 0 saturated heterocycles. The van der Waals surface area contributed by atoms with Crippen LogP contribution in [0.3, 0.4) is 0 Å². The van der Waals surface area contributed by atoms with Crippen molar-refractivity contribution >= 4 is 22.5 Å². The lowest BCUT2D eigenvalue weighted by atomic mass is 10.1. The number of hydrogen-bond acceptors (Lipinski definition) is 5. The Morgan fingerprint density at radius 3 is 2.29 bits per heavy atom. The number of aryl methyl sites for hydroxylation is 1. The van der Waals surface area contributed by atoms with E-state index in [2.05, 4.69) is 5.10 Å². The summed E-state index contributed by atoms with van der Waals surface area (Å²) in [6.07, 6.45) is 0.883. The zero-order valence-electron chi connectivity index (χ0n) is 16.1. The van der Waals surface area contributed by atoms with Gasteiger partial charge >= 0.3 is 5.97 Å². The van der Waals surface area contributed by atoms with Crippen LogP contribution in [0.1, 0.15) is 53.2 Å². The number of rotatable bonds is 6. The number of esters is 1. The van der Waals surface area contributed by atoms with E-state index in [-0.39, 0.29) is 29.7 Å². The Bertz CT molecular complexity index is 1080. The summed E-state index contributed by atoms with van der Waals surface area (Å²) in [4.78, 5) is 37.5. The van der Waals surface area contributed by atoms with Gasteiger partial charge in [0, 0.05) is 10.9 Å². The Balaban J connectivity index is 1.86. The molecule has 6 heteroatoms. The van der Waals surface area contributed by atoms with Crippen LogP contribution in [-0.4, -0.2) is 28.1 Å². The highest BCUT2D eigenvalue weighted by Crippen LogP contribution is 2.16. The van der Waals surface area contributed by atoms with E-state index in [0.29, 0.717) is 16.3 Å². The van der Waals surface area contributed by atoms with E-state index in [1.165, 1.54) is 4.68 Å². The number of carbonyl (C=O) groups is 2. The summed E-state index contributed by atoms with van der Waals surface area (Å²) in [6, 6.07) is 13.7. The first-order chi connectivity index (χ1) is 13.4. The molecule has 0 bridgehead atoms. The first-order valence-corrected chi connectivity index (χ1v) is 9.23. The van der Waals surface area contributed by atoms with Crippen LogP contribution in [0.4, 0.5) is 0 Å². The van der Waals surface area contributed by atoms with Crippen LogP contribution in [0, 0.1) is 0 Å². The third-order valence-corrected chi connectivity index (χ3v) is 4.53. The van der Waals surface area contributed by atoms with Crippen molar-refractivity contribution in [3.63, 3.8) is 0 Å². The van der Waals surface area contributed by atoms with Crippen molar-refractivity contribution < 1.29 is 14.3 Å². The van der Waals surface area contributed by atoms with E-state index < -0.39 is 5.97 Å². The second kappa shape index (κ2) is 8.17. The lowest BCUT2D eigenvalue weighted by molar-refractivity contribution is 0.0468. The summed E-state index contributed by atoms with van der Waals surface area (Å²) in [5.41, 5.74) is 1.36. The molecule has 0 atom stereocenters. The number of ether oxygens (including phenoxy) is 1. The topological polar surface area (TPSA) is 78.3 Å². The van der Waals surface area contributed by atoms with Crippen LogP contribution in [0.15, 0.2) is 53.3 Å². The molecule has 2 aromatic carbocycles. The van der Waals surface area contributed by atoms with Gasteiger partial charge in [-0.3, -0.25) is 9.59 Å². The molecule has 0 unspecified atom stereocenters. The summed E-state index contributed by atoms with van der Waals surface area (Å²) in [6.45, 7) is 5.26. The van der Waals surface area contributed by atoms with Gasteiger partial charge in [-0.15, -0.1) is 0 Å². The largest absolute Gasteiger partial charge is 0.452 e. The van der Waals surface area contributed by atoms with Gasteiger partial charge in [0.25, 0.3) is 5.56 Å². The third kappa shape index (κ3) is 3.86. The monoisotopic (exact) mass is 378 g/mol. The highest BCUT2D eigenvalue weighted by Gasteiger charge is 2.20. The molecule has 144 valence electrons. The van der Waals surface area contributed by atoms with Gasteiger partial charge in [0.15, 0.2) is 18.1 Å². The van der Waals surface area contributed by atoms with Crippen molar-refractivity contribution in [2.45, 2.75) is 33.2 Å². The van der Waals surface area contributed by atoms with E-state index in [4.69, 9.17) is 4.74 Å². The van der Waals surface area contributed by atoms with Crippen molar-refractivity contribution in [3.8, 4) is 0 Å². The van der Waals surface area contributed by atoms with Crippen LogP contribution in [-0.2, 0) is 11.2 Å². The number of nitrogens with zero attached hydrogens (tertiary/aromatic N) is 2. The molecule has 3 rings (SSSR count). The van der Waals surface area contributed by atoms with Crippen LogP contribution >= 0.6 is 0 Å². The van der Waals surface area contributed by atoms with Crippen molar-refractivity contribution in [1.82, 2.24) is 9.78 Å². The molecule has 0 spiro atoms. The minimum atomic E-state index is -0.732. The van der Waals surface area contributed by atoms with Crippen LogP contribution in [0.2, 0.25) is 0 Å². The Hall–Kier alpha value is -3.28. The number of benzene rings is 2. The zero-order valence-corrected chi connectivity index (χ0v) is 16.1. The van der Waals surface area contributed by atoms with Crippen molar-refractivity contribution in [2.75, 3.05) is 6.61 Å². The maximum atomic E-state index is 12.6. The minimum Gasteiger partial charge on any atom is -0.452 e. The number of aromatic nitrogens is 2. The van der Waals surface area contributed by atoms with E-state index in [9.17, 15) is 14.4 Å². The van der Waals surface area contributed by atoms with Gasteiger partial charge in [0.05, 0.1) is 11.4 Å². The Morgan fingerprint density at radius 1 is 1.04 bits per heavy atom. The maximum Gasteiger partial charge on any atom is 0.359 e. The van der Waals surface area contributed by atoms with Crippen molar-refractivity contribution in [2.24, 2.45) is 0 Å². The summed E-state index contributed by atoms with van der Waals surface area (Å²) in [5, 5.41) is 4.99. The molecule has 3 aromatic rings. The van der Waals surface area contributed by atoms with Gasteiger partial charge in [0.1, 0.15) is 0 Å². The molecule has 0 aliphatic rings. The molecule has 0 fully saturated rings. The third-order valence-electron chi connectivity index (χ3n) is 4.53. The first-order valence-electron chi connectivity index (χ1n) is 9.23. The molecule has 1 aromatic heterocycles. The summed E-state index contributed by atoms with van der Waals surface area (Å²) in [5.74, 6) is -1.03. The Labute approximate surface area is 162 Å². The summed E-state index contributed by atoms with van der Waals surface area (Å²) in [7, 11) is 0. The van der Waals surface area contributed by atoms with E-state index >= 15 is 0 Å². The quantitative estimate of drug-likeness (QED) is 0.484. The number of carbonyl (C=O) groups excluding carboxylic acids is 2. The molecular weight excluding hydrogens is 356 g/mol. The maximum absolute atomic E-state index is 12.6. The van der Waals surface area contributed by atoms with Gasteiger partial charge in [-0.1, -0.05) is 49.4 Å². The van der Waals surface area contributed by atoms with Crippen LogP contribution in [0.5, 0.6) is 0 Å². The second-order valence-corrected chi connectivity index (χ2v) is 6.79. The molecule has 0 aliphatic heterocycles. The molecular formula is C22H22N2O4. The molecule has 0 aliphatic carbocycles. The van der Waals surface area contributed by atoms with Gasteiger partial charge in [-0.25, -0.2) is 9.48 Å². The van der Waals surface area contributed by atoms with E-state index in [0.717, 1.165) is 12.0 Å². The average Bonchev–Trinajstić information content (AvgIpc) is 2.72. The van der Waals surface area contributed by atoms with Gasteiger partial charge in [-0.05, 0) is 31.9 Å². The first kappa shape index (κ1) is 19.5. The molecule has 0 amide bonds. The Morgan fingerprint density at radius 2 is 1.68 bits per heavy atom. The predicted octanol–water partition coefficient (Wildman–Crippen LogP) is 3.58. The van der Waals surface area contributed by atoms with Crippen LogP contribution < -0.4 is 5.56 Å². The minimum absolute atomic E-state index is 0.0260. The summed E-state index contributed by atoms with van der Waals surface area (Å²) >= 11 is 0. The fourth-order valence-electron chi connectivity index (χ4n) is 2.92. The number of ketones is 1. The van der Waals surface area contributed by atoms with E-state index in [1.54, 1.807) is 36.4 Å². The lowest BCUT2D eigenvalue weighted by Crippen LogP contribution is -2.28. The zero-order chi connectivity index (χ0) is 20.3. The molecule has 0 saturated carbocycles. The number of hydrogen-bond donors (Lipinski definition) is 0. The smallest absolute Gasteiger partial charge is 0.359 e. The fraction of sp³-hybridized carbons (Fsp3) is 0.273.